The molecule has 1 aromatic rings. The van der Waals surface area contributed by atoms with Crippen LogP contribution in [0.3, 0.4) is 0 Å². The van der Waals surface area contributed by atoms with E-state index < -0.39 is 0 Å². The van der Waals surface area contributed by atoms with Gasteiger partial charge in [0.15, 0.2) is 0 Å². The lowest BCUT2D eigenvalue weighted by Gasteiger charge is -2.36. The highest BCUT2D eigenvalue weighted by Crippen LogP contribution is 2.26. The number of benzene rings is 1. The van der Waals surface area contributed by atoms with Gasteiger partial charge in [0.05, 0.1) is 0 Å². The van der Waals surface area contributed by atoms with Gasteiger partial charge in [0, 0.05) is 30.9 Å². The topological polar surface area (TPSA) is 44.4 Å². The first-order valence-corrected chi connectivity index (χ1v) is 6.67. The Labute approximate surface area is 113 Å². The normalized spacial score (nSPS) is 19.4. The van der Waals surface area contributed by atoms with Crippen LogP contribution >= 0.6 is 0 Å². The number of rotatable bonds is 4. The first-order valence-electron chi connectivity index (χ1n) is 6.67. The van der Waals surface area contributed by atoms with Gasteiger partial charge in [-0.05, 0) is 25.6 Å². The maximum absolute atomic E-state index is 14.0. The van der Waals surface area contributed by atoms with Gasteiger partial charge >= 0.3 is 0 Å². The van der Waals surface area contributed by atoms with Gasteiger partial charge in [-0.2, -0.15) is 0 Å². The van der Waals surface area contributed by atoms with E-state index in [1.807, 2.05) is 24.8 Å². The molecule has 0 spiro atoms. The average Bonchev–Trinajstić information content (AvgIpc) is 2.40. The summed E-state index contributed by atoms with van der Waals surface area (Å²) in [6.07, 6.45) is 0. The molecule has 104 valence electrons. The van der Waals surface area contributed by atoms with Crippen LogP contribution in [0.4, 0.5) is 10.1 Å². The number of halogens is 1. The Kier molecular flexibility index (Phi) is 4.37. The first-order chi connectivity index (χ1) is 9.15. The van der Waals surface area contributed by atoms with Crippen LogP contribution in [0.2, 0.25) is 0 Å². The molecule has 0 saturated carbocycles. The minimum atomic E-state index is -0.268. The summed E-state index contributed by atoms with van der Waals surface area (Å²) in [7, 11) is 0. The van der Waals surface area contributed by atoms with Crippen LogP contribution in [-0.2, 0) is 11.3 Å². The molecule has 2 N–H and O–H groups in total. The summed E-state index contributed by atoms with van der Waals surface area (Å²) >= 11 is 0. The van der Waals surface area contributed by atoms with Crippen LogP contribution in [0.15, 0.2) is 18.2 Å². The molecule has 0 aromatic heterocycles. The zero-order valence-electron chi connectivity index (χ0n) is 11.4. The van der Waals surface area contributed by atoms with Crippen molar-refractivity contribution < 1.29 is 9.18 Å². The molecule has 2 rings (SSSR count). The Balaban J connectivity index is 2.32. The van der Waals surface area contributed by atoms with Crippen molar-refractivity contribution in [2.45, 2.75) is 26.4 Å². The van der Waals surface area contributed by atoms with E-state index in [0.29, 0.717) is 25.2 Å². The molecule has 0 aliphatic carbocycles. The average molecular weight is 265 g/mol. The molecule has 1 fully saturated rings. The van der Waals surface area contributed by atoms with Crippen molar-refractivity contribution in [3.05, 3.63) is 29.6 Å². The number of piperazine rings is 1. The Hall–Kier alpha value is -1.62. The minimum Gasteiger partial charge on any atom is -0.358 e. The highest BCUT2D eigenvalue weighted by atomic mass is 19.1. The standard InChI is InChI=1S/C14H20FN3O/c1-3-16-9-11-12(15)5-4-6-13(11)18-8-7-17-14(19)10(18)2/h4-6,10,16H,3,7-9H2,1-2H3,(H,17,19). The van der Waals surface area contributed by atoms with E-state index in [1.54, 1.807) is 6.07 Å². The van der Waals surface area contributed by atoms with E-state index in [4.69, 9.17) is 0 Å². The number of hydrogen-bond acceptors (Lipinski definition) is 3. The number of anilines is 1. The highest BCUT2D eigenvalue weighted by molar-refractivity contribution is 5.86. The summed E-state index contributed by atoms with van der Waals surface area (Å²) in [5.41, 5.74) is 1.44. The van der Waals surface area contributed by atoms with Crippen LogP contribution in [0.5, 0.6) is 0 Å². The molecular formula is C14H20FN3O. The van der Waals surface area contributed by atoms with Crippen molar-refractivity contribution in [1.82, 2.24) is 10.6 Å². The molecule has 1 amide bonds. The van der Waals surface area contributed by atoms with Gasteiger partial charge in [0.1, 0.15) is 11.9 Å². The molecule has 19 heavy (non-hydrogen) atoms. The second-order valence-corrected chi connectivity index (χ2v) is 4.68. The van der Waals surface area contributed by atoms with Crippen molar-refractivity contribution in [3.63, 3.8) is 0 Å². The first kappa shape index (κ1) is 13.8. The number of hydrogen-bond donors (Lipinski definition) is 2. The van der Waals surface area contributed by atoms with Crippen molar-refractivity contribution in [2.24, 2.45) is 0 Å². The minimum absolute atomic E-state index is 0.00934. The molecule has 1 heterocycles. The van der Waals surface area contributed by atoms with Gasteiger partial charge < -0.3 is 15.5 Å². The second kappa shape index (κ2) is 6.02. The van der Waals surface area contributed by atoms with E-state index >= 15 is 0 Å². The summed E-state index contributed by atoms with van der Waals surface area (Å²) in [6, 6.07) is 4.77. The Morgan fingerprint density at radius 2 is 2.32 bits per heavy atom. The zero-order chi connectivity index (χ0) is 13.8. The molecule has 0 radical (unpaired) electrons. The van der Waals surface area contributed by atoms with Crippen molar-refractivity contribution in [3.8, 4) is 0 Å². The van der Waals surface area contributed by atoms with Crippen molar-refractivity contribution >= 4 is 11.6 Å². The van der Waals surface area contributed by atoms with Crippen LogP contribution in [-0.4, -0.2) is 31.6 Å². The number of nitrogens with zero attached hydrogens (tertiary/aromatic N) is 1. The van der Waals surface area contributed by atoms with E-state index in [0.717, 1.165) is 12.2 Å². The third kappa shape index (κ3) is 2.87. The second-order valence-electron chi connectivity index (χ2n) is 4.68. The van der Waals surface area contributed by atoms with Crippen LogP contribution in [0.1, 0.15) is 19.4 Å². The number of carbonyl (C=O) groups excluding carboxylic acids is 1. The van der Waals surface area contributed by atoms with Gasteiger partial charge in [-0.3, -0.25) is 4.79 Å². The molecule has 0 bridgehead atoms. The fraction of sp³-hybridized carbons (Fsp3) is 0.500. The van der Waals surface area contributed by atoms with Crippen LogP contribution in [0.25, 0.3) is 0 Å². The van der Waals surface area contributed by atoms with Crippen molar-refractivity contribution in [2.75, 3.05) is 24.5 Å². The summed E-state index contributed by atoms with van der Waals surface area (Å²) in [6.45, 7) is 6.39. The Morgan fingerprint density at radius 1 is 1.53 bits per heavy atom. The molecule has 4 nitrogen and oxygen atoms in total. The largest absolute Gasteiger partial charge is 0.358 e. The Morgan fingerprint density at radius 3 is 3.05 bits per heavy atom. The molecule has 1 saturated heterocycles. The lowest BCUT2D eigenvalue weighted by Crippen LogP contribution is -2.54. The van der Waals surface area contributed by atoms with Gasteiger partial charge in [-0.15, -0.1) is 0 Å². The predicted octanol–water partition coefficient (Wildman–Crippen LogP) is 1.26. The highest BCUT2D eigenvalue weighted by Gasteiger charge is 2.27. The summed E-state index contributed by atoms with van der Waals surface area (Å²) < 4.78 is 14.0. The molecule has 1 unspecified atom stereocenters. The number of nitrogens with one attached hydrogen (secondary N) is 2. The maximum atomic E-state index is 14.0. The van der Waals surface area contributed by atoms with Crippen LogP contribution < -0.4 is 15.5 Å². The van der Waals surface area contributed by atoms with Crippen molar-refractivity contribution in [1.29, 1.82) is 0 Å². The van der Waals surface area contributed by atoms with E-state index in [9.17, 15) is 9.18 Å². The molecule has 1 aromatic carbocycles. The number of carbonyl (C=O) groups is 1. The number of amides is 1. The van der Waals surface area contributed by atoms with Crippen LogP contribution in [0, 0.1) is 5.82 Å². The molecular weight excluding hydrogens is 245 g/mol. The lowest BCUT2D eigenvalue weighted by molar-refractivity contribution is -0.122. The van der Waals surface area contributed by atoms with Gasteiger partial charge in [-0.25, -0.2) is 4.39 Å². The molecule has 5 heteroatoms. The summed E-state index contributed by atoms with van der Waals surface area (Å²) in [4.78, 5) is 13.7. The molecule has 1 aliphatic rings. The molecule has 1 aliphatic heterocycles. The summed E-state index contributed by atoms with van der Waals surface area (Å²) in [5, 5.41) is 5.96. The third-order valence-electron chi connectivity index (χ3n) is 3.45. The summed E-state index contributed by atoms with van der Waals surface area (Å²) in [5.74, 6) is -0.235. The monoisotopic (exact) mass is 265 g/mol. The van der Waals surface area contributed by atoms with E-state index in [1.165, 1.54) is 6.07 Å². The van der Waals surface area contributed by atoms with Gasteiger partial charge in [0.2, 0.25) is 5.91 Å². The SMILES string of the molecule is CCNCc1c(F)cccc1N1CCNC(=O)C1C. The predicted molar refractivity (Wildman–Crippen MR) is 73.6 cm³/mol. The Bertz CT molecular complexity index is 464. The van der Waals surface area contributed by atoms with Gasteiger partial charge in [-0.1, -0.05) is 13.0 Å². The van der Waals surface area contributed by atoms with Gasteiger partial charge in [0.25, 0.3) is 0 Å². The quantitative estimate of drug-likeness (QED) is 0.861. The lowest BCUT2D eigenvalue weighted by atomic mass is 10.1. The smallest absolute Gasteiger partial charge is 0.242 e. The maximum Gasteiger partial charge on any atom is 0.242 e. The van der Waals surface area contributed by atoms with E-state index in [-0.39, 0.29) is 17.8 Å². The fourth-order valence-electron chi connectivity index (χ4n) is 2.35. The van der Waals surface area contributed by atoms with E-state index in [2.05, 4.69) is 10.6 Å². The third-order valence-corrected chi connectivity index (χ3v) is 3.45. The zero-order valence-corrected chi connectivity index (χ0v) is 11.4. The molecule has 1 atom stereocenters. The fourth-order valence-corrected chi connectivity index (χ4v) is 2.35.